The van der Waals surface area contributed by atoms with E-state index in [4.69, 9.17) is 0 Å². The summed E-state index contributed by atoms with van der Waals surface area (Å²) in [6, 6.07) is 18.8. The molecule has 0 bridgehead atoms. The van der Waals surface area contributed by atoms with Gasteiger partial charge in [0.2, 0.25) is 5.91 Å². The maximum absolute atomic E-state index is 12.8. The number of hydrogen-bond acceptors (Lipinski definition) is 2. The molecule has 2 fully saturated rings. The molecule has 2 aromatic rings. The van der Waals surface area contributed by atoms with Crippen LogP contribution in [-0.2, 0) is 11.3 Å². The molecule has 0 aromatic heterocycles. The fraction of sp³-hybridized carbons (Fsp3) is 0.381. The number of nitrogens with zero attached hydrogens (tertiary/aromatic N) is 2. The van der Waals surface area contributed by atoms with Crippen LogP contribution < -0.4 is 0 Å². The first-order valence-corrected chi connectivity index (χ1v) is 9.81. The van der Waals surface area contributed by atoms with Gasteiger partial charge in [-0.05, 0) is 29.5 Å². The standard InChI is InChI=1S/C21H23BrN2O/c22-20-9-5-4-8-17(20)15-23-10-12-24(13-11-23)21(25)19-14-18(19)16-6-2-1-3-7-16/h1-9,18-19H,10-15H2. The molecular weight excluding hydrogens is 376 g/mol. The third-order valence-corrected chi connectivity index (χ3v) is 6.14. The third kappa shape index (κ3) is 3.80. The first-order valence-electron chi connectivity index (χ1n) is 9.02. The number of piperazine rings is 1. The maximum atomic E-state index is 12.8. The Labute approximate surface area is 157 Å². The van der Waals surface area contributed by atoms with Crippen LogP contribution in [0.1, 0.15) is 23.5 Å². The second-order valence-electron chi connectivity index (χ2n) is 7.05. The molecule has 2 aromatic carbocycles. The molecule has 1 aliphatic carbocycles. The van der Waals surface area contributed by atoms with Crippen LogP contribution in [0.5, 0.6) is 0 Å². The van der Waals surface area contributed by atoms with Gasteiger partial charge >= 0.3 is 0 Å². The Bertz CT molecular complexity index is 741. The summed E-state index contributed by atoms with van der Waals surface area (Å²) in [5.41, 5.74) is 2.63. The van der Waals surface area contributed by atoms with E-state index in [0.717, 1.165) is 43.6 Å². The van der Waals surface area contributed by atoms with Gasteiger partial charge in [-0.3, -0.25) is 9.69 Å². The fourth-order valence-electron chi connectivity index (χ4n) is 3.76. The van der Waals surface area contributed by atoms with Crippen LogP contribution >= 0.6 is 15.9 Å². The molecule has 1 aliphatic heterocycles. The van der Waals surface area contributed by atoms with Crippen LogP contribution in [0.25, 0.3) is 0 Å². The van der Waals surface area contributed by atoms with Crippen LogP contribution in [0, 0.1) is 5.92 Å². The van der Waals surface area contributed by atoms with E-state index >= 15 is 0 Å². The van der Waals surface area contributed by atoms with E-state index in [-0.39, 0.29) is 5.92 Å². The van der Waals surface area contributed by atoms with Gasteiger partial charge in [0.05, 0.1) is 0 Å². The van der Waals surface area contributed by atoms with Crippen molar-refractivity contribution >= 4 is 21.8 Å². The summed E-state index contributed by atoms with van der Waals surface area (Å²) in [5.74, 6) is 0.999. The second-order valence-corrected chi connectivity index (χ2v) is 7.91. The predicted octanol–water partition coefficient (Wildman–Crippen LogP) is 3.90. The van der Waals surface area contributed by atoms with Crippen LogP contribution in [-0.4, -0.2) is 41.9 Å². The number of hydrogen-bond donors (Lipinski definition) is 0. The van der Waals surface area contributed by atoms with Gasteiger partial charge in [0.25, 0.3) is 0 Å². The molecule has 0 spiro atoms. The minimum absolute atomic E-state index is 0.206. The molecule has 2 atom stereocenters. The summed E-state index contributed by atoms with van der Waals surface area (Å²) in [6.07, 6.45) is 1.01. The highest BCUT2D eigenvalue weighted by atomic mass is 79.9. The molecule has 1 saturated heterocycles. The average molecular weight is 399 g/mol. The van der Waals surface area contributed by atoms with Crippen molar-refractivity contribution < 1.29 is 4.79 Å². The van der Waals surface area contributed by atoms with Crippen molar-refractivity contribution in [2.75, 3.05) is 26.2 Å². The molecule has 2 aliphatic rings. The smallest absolute Gasteiger partial charge is 0.226 e. The molecule has 1 heterocycles. The Hall–Kier alpha value is -1.65. The highest BCUT2D eigenvalue weighted by molar-refractivity contribution is 9.10. The van der Waals surface area contributed by atoms with Crippen molar-refractivity contribution in [2.45, 2.75) is 18.9 Å². The zero-order chi connectivity index (χ0) is 17.2. The van der Waals surface area contributed by atoms with Gasteiger partial charge in [0, 0.05) is 43.1 Å². The average Bonchev–Trinajstić information content (AvgIpc) is 3.45. The van der Waals surface area contributed by atoms with E-state index in [1.165, 1.54) is 11.1 Å². The molecule has 1 amide bonds. The van der Waals surface area contributed by atoms with E-state index < -0.39 is 0 Å². The minimum Gasteiger partial charge on any atom is -0.340 e. The Kier molecular flexibility index (Phi) is 4.91. The maximum Gasteiger partial charge on any atom is 0.226 e. The van der Waals surface area contributed by atoms with E-state index in [9.17, 15) is 4.79 Å². The van der Waals surface area contributed by atoms with Gasteiger partial charge in [0.15, 0.2) is 0 Å². The van der Waals surface area contributed by atoms with Gasteiger partial charge < -0.3 is 4.90 Å². The van der Waals surface area contributed by atoms with Crippen LogP contribution in [0.4, 0.5) is 0 Å². The monoisotopic (exact) mass is 398 g/mol. The Morgan fingerprint density at radius 2 is 1.64 bits per heavy atom. The molecule has 4 rings (SSSR count). The summed E-state index contributed by atoms with van der Waals surface area (Å²) in [6.45, 7) is 4.55. The van der Waals surface area contributed by atoms with E-state index in [2.05, 4.69) is 68.2 Å². The minimum atomic E-state index is 0.206. The van der Waals surface area contributed by atoms with Gasteiger partial charge in [0.1, 0.15) is 0 Å². The number of carbonyl (C=O) groups is 1. The number of halogens is 1. The van der Waals surface area contributed by atoms with Crippen molar-refractivity contribution in [3.8, 4) is 0 Å². The molecule has 1 saturated carbocycles. The lowest BCUT2D eigenvalue weighted by Gasteiger charge is -2.35. The summed E-state index contributed by atoms with van der Waals surface area (Å²) in [7, 11) is 0. The number of amides is 1. The predicted molar refractivity (Wildman–Crippen MR) is 103 cm³/mol. The summed E-state index contributed by atoms with van der Waals surface area (Å²) < 4.78 is 1.16. The number of rotatable bonds is 4. The first-order chi connectivity index (χ1) is 12.2. The van der Waals surface area contributed by atoms with Crippen molar-refractivity contribution in [3.63, 3.8) is 0 Å². The van der Waals surface area contributed by atoms with Crippen molar-refractivity contribution in [2.24, 2.45) is 5.92 Å². The van der Waals surface area contributed by atoms with Gasteiger partial charge in [-0.15, -0.1) is 0 Å². The molecule has 130 valence electrons. The molecule has 4 heteroatoms. The highest BCUT2D eigenvalue weighted by Gasteiger charge is 2.45. The summed E-state index contributed by atoms with van der Waals surface area (Å²) in [5, 5.41) is 0. The van der Waals surface area contributed by atoms with Crippen molar-refractivity contribution in [1.82, 2.24) is 9.80 Å². The van der Waals surface area contributed by atoms with Gasteiger partial charge in [-0.1, -0.05) is 64.5 Å². The van der Waals surface area contributed by atoms with E-state index in [0.29, 0.717) is 11.8 Å². The Balaban J connectivity index is 1.29. The molecule has 0 radical (unpaired) electrons. The van der Waals surface area contributed by atoms with Crippen LogP contribution in [0.2, 0.25) is 0 Å². The van der Waals surface area contributed by atoms with Crippen molar-refractivity contribution in [1.29, 1.82) is 0 Å². The Morgan fingerprint density at radius 3 is 2.36 bits per heavy atom. The van der Waals surface area contributed by atoms with E-state index in [1.54, 1.807) is 0 Å². The lowest BCUT2D eigenvalue weighted by molar-refractivity contribution is -0.134. The topological polar surface area (TPSA) is 23.6 Å². The summed E-state index contributed by atoms with van der Waals surface area (Å²) >= 11 is 3.62. The Morgan fingerprint density at radius 1 is 0.960 bits per heavy atom. The first kappa shape index (κ1) is 16.8. The quantitative estimate of drug-likeness (QED) is 0.779. The zero-order valence-corrected chi connectivity index (χ0v) is 15.9. The SMILES string of the molecule is O=C(C1CC1c1ccccc1)N1CCN(Cc2ccccc2Br)CC1. The largest absolute Gasteiger partial charge is 0.340 e. The molecule has 25 heavy (non-hydrogen) atoms. The second kappa shape index (κ2) is 7.30. The van der Waals surface area contributed by atoms with E-state index in [1.807, 2.05) is 12.1 Å². The van der Waals surface area contributed by atoms with Crippen LogP contribution in [0.15, 0.2) is 59.1 Å². The van der Waals surface area contributed by atoms with Gasteiger partial charge in [-0.2, -0.15) is 0 Å². The lowest BCUT2D eigenvalue weighted by atomic mass is 10.1. The fourth-order valence-corrected chi connectivity index (χ4v) is 4.18. The molecule has 0 N–H and O–H groups in total. The third-order valence-electron chi connectivity index (χ3n) is 5.37. The molecular formula is C21H23BrN2O. The van der Waals surface area contributed by atoms with Crippen LogP contribution in [0.3, 0.4) is 0 Å². The van der Waals surface area contributed by atoms with Gasteiger partial charge in [-0.25, -0.2) is 0 Å². The highest BCUT2D eigenvalue weighted by Crippen LogP contribution is 2.48. The molecule has 2 unspecified atom stereocenters. The number of benzene rings is 2. The zero-order valence-electron chi connectivity index (χ0n) is 14.3. The molecule has 3 nitrogen and oxygen atoms in total. The van der Waals surface area contributed by atoms with Crippen molar-refractivity contribution in [3.05, 3.63) is 70.2 Å². The lowest BCUT2D eigenvalue weighted by Crippen LogP contribution is -2.48. The summed E-state index contributed by atoms with van der Waals surface area (Å²) in [4.78, 5) is 17.3. The normalized spacial score (nSPS) is 23.5. The number of carbonyl (C=O) groups excluding carboxylic acids is 1.